The molecule has 96 valence electrons. The van der Waals surface area contributed by atoms with Gasteiger partial charge in [0, 0.05) is 19.3 Å². The van der Waals surface area contributed by atoms with Crippen LogP contribution in [0.2, 0.25) is 0 Å². The summed E-state index contributed by atoms with van der Waals surface area (Å²) in [5.41, 5.74) is 2.35. The average Bonchev–Trinajstić information content (AvgIpc) is 2.35. The molecule has 0 aromatic carbocycles. The second kappa shape index (κ2) is 5.95. The molecular weight excluding hydrogens is 240 g/mol. The van der Waals surface area contributed by atoms with Crippen LogP contribution in [0.15, 0.2) is 23.2 Å². The molecule has 3 N–H and O–H groups in total. The van der Waals surface area contributed by atoms with E-state index in [4.69, 9.17) is 5.84 Å². The van der Waals surface area contributed by atoms with Gasteiger partial charge in [-0.25, -0.2) is 19.2 Å². The fourth-order valence-electron chi connectivity index (χ4n) is 1.46. The van der Waals surface area contributed by atoms with Crippen molar-refractivity contribution in [2.45, 2.75) is 25.2 Å². The van der Waals surface area contributed by atoms with E-state index in [9.17, 15) is 8.42 Å². The van der Waals surface area contributed by atoms with E-state index < -0.39 is 10.0 Å². The van der Waals surface area contributed by atoms with Crippen LogP contribution in [0.25, 0.3) is 0 Å². The number of pyridine rings is 1. The minimum Gasteiger partial charge on any atom is -0.308 e. The van der Waals surface area contributed by atoms with E-state index in [1.807, 2.05) is 13.8 Å². The largest absolute Gasteiger partial charge is 0.308 e. The second-order valence-corrected chi connectivity index (χ2v) is 5.46. The Hall–Kier alpha value is -1.18. The lowest BCUT2D eigenvalue weighted by molar-refractivity contribution is 0.427. The van der Waals surface area contributed by atoms with Gasteiger partial charge in [0.2, 0.25) is 10.0 Å². The molecule has 1 aromatic rings. The fraction of sp³-hybridized carbons (Fsp3) is 0.500. The van der Waals surface area contributed by atoms with E-state index >= 15 is 0 Å². The lowest BCUT2D eigenvalue weighted by Gasteiger charge is -2.19. The molecule has 0 aliphatic carbocycles. The number of aromatic nitrogens is 1. The minimum atomic E-state index is -3.44. The normalized spacial score (nSPS) is 11.8. The molecule has 0 fully saturated rings. The molecule has 0 aliphatic rings. The predicted molar refractivity (Wildman–Crippen MR) is 66.8 cm³/mol. The molecule has 0 saturated heterocycles. The van der Waals surface area contributed by atoms with Crippen LogP contribution in [-0.2, 0) is 10.0 Å². The summed E-state index contributed by atoms with van der Waals surface area (Å²) in [4.78, 5) is 4.09. The number of rotatable bonds is 6. The van der Waals surface area contributed by atoms with Gasteiger partial charge in [-0.2, -0.15) is 4.31 Å². The van der Waals surface area contributed by atoms with Crippen molar-refractivity contribution < 1.29 is 8.42 Å². The van der Waals surface area contributed by atoms with Crippen molar-refractivity contribution in [1.29, 1.82) is 0 Å². The third-order valence-electron chi connectivity index (χ3n) is 2.35. The summed E-state index contributed by atoms with van der Waals surface area (Å²) in [6.07, 6.45) is 2.09. The number of nitrogens with one attached hydrogen (secondary N) is 1. The van der Waals surface area contributed by atoms with Crippen LogP contribution in [0.4, 0.5) is 5.82 Å². The first-order valence-electron chi connectivity index (χ1n) is 5.49. The number of hydrogen-bond acceptors (Lipinski definition) is 5. The van der Waals surface area contributed by atoms with Crippen LogP contribution in [0, 0.1) is 0 Å². The fourth-order valence-corrected chi connectivity index (χ4v) is 2.95. The van der Waals surface area contributed by atoms with E-state index in [0.29, 0.717) is 18.9 Å². The zero-order valence-corrected chi connectivity index (χ0v) is 10.9. The Kier molecular flexibility index (Phi) is 4.86. The molecule has 0 atom stereocenters. The van der Waals surface area contributed by atoms with Crippen LogP contribution in [0.1, 0.15) is 20.3 Å². The van der Waals surface area contributed by atoms with Crippen LogP contribution in [-0.4, -0.2) is 30.8 Å². The van der Waals surface area contributed by atoms with Crippen molar-refractivity contribution in [3.8, 4) is 0 Å². The number of hydrazine groups is 1. The molecule has 1 heterocycles. The van der Waals surface area contributed by atoms with Gasteiger partial charge in [-0.3, -0.25) is 0 Å². The van der Waals surface area contributed by atoms with Crippen molar-refractivity contribution in [2.75, 3.05) is 18.5 Å². The lowest BCUT2D eigenvalue weighted by Crippen LogP contribution is -2.31. The first-order valence-corrected chi connectivity index (χ1v) is 6.93. The van der Waals surface area contributed by atoms with Crippen LogP contribution in [0.3, 0.4) is 0 Å². The summed E-state index contributed by atoms with van der Waals surface area (Å²) in [5.74, 6) is 5.60. The smallest absolute Gasteiger partial charge is 0.244 e. The van der Waals surface area contributed by atoms with Crippen LogP contribution >= 0.6 is 0 Å². The van der Waals surface area contributed by atoms with Gasteiger partial charge in [0.25, 0.3) is 0 Å². The van der Waals surface area contributed by atoms with Gasteiger partial charge < -0.3 is 5.43 Å². The first kappa shape index (κ1) is 13.9. The Morgan fingerprint density at radius 2 is 2.12 bits per heavy atom. The summed E-state index contributed by atoms with van der Waals surface area (Å²) in [5, 5.41) is 0. The molecule has 0 aliphatic heterocycles. The average molecular weight is 258 g/mol. The molecule has 7 heteroatoms. The molecule has 17 heavy (non-hydrogen) atoms. The number of nitrogen functional groups attached to an aromatic ring is 1. The van der Waals surface area contributed by atoms with Gasteiger partial charge in [-0.05, 0) is 18.6 Å². The monoisotopic (exact) mass is 258 g/mol. The third-order valence-corrected chi connectivity index (χ3v) is 4.31. The highest BCUT2D eigenvalue weighted by atomic mass is 32.2. The van der Waals surface area contributed by atoms with E-state index in [0.717, 1.165) is 6.42 Å². The summed E-state index contributed by atoms with van der Waals surface area (Å²) in [7, 11) is -3.44. The summed E-state index contributed by atoms with van der Waals surface area (Å²) in [6, 6.07) is 3.03. The van der Waals surface area contributed by atoms with Gasteiger partial charge in [0.1, 0.15) is 10.7 Å². The minimum absolute atomic E-state index is 0.187. The number of sulfonamides is 1. The van der Waals surface area contributed by atoms with E-state index in [2.05, 4.69) is 10.4 Å². The Balaban J connectivity index is 3.02. The van der Waals surface area contributed by atoms with Gasteiger partial charge in [0.15, 0.2) is 0 Å². The molecule has 0 saturated carbocycles. The van der Waals surface area contributed by atoms with Gasteiger partial charge >= 0.3 is 0 Å². The maximum Gasteiger partial charge on any atom is 0.244 e. The first-order chi connectivity index (χ1) is 8.06. The molecule has 0 unspecified atom stereocenters. The molecule has 0 spiro atoms. The third kappa shape index (κ3) is 3.15. The molecular formula is C10H18N4O2S. The number of hydrogen-bond donors (Lipinski definition) is 2. The van der Waals surface area contributed by atoms with E-state index in [1.165, 1.54) is 22.6 Å². The Labute approximate surface area is 102 Å². The second-order valence-electron chi connectivity index (χ2n) is 3.52. The zero-order valence-electron chi connectivity index (χ0n) is 10.0. The van der Waals surface area contributed by atoms with E-state index in [1.54, 1.807) is 0 Å². The topological polar surface area (TPSA) is 88.3 Å². The quantitative estimate of drug-likeness (QED) is 0.581. The molecule has 1 rings (SSSR count). The molecule has 0 amide bonds. The summed E-state index contributed by atoms with van der Waals surface area (Å²) in [6.45, 7) is 4.72. The van der Waals surface area contributed by atoms with Crippen LogP contribution < -0.4 is 11.3 Å². The highest BCUT2D eigenvalue weighted by Gasteiger charge is 2.22. The maximum absolute atomic E-state index is 12.2. The number of nitrogens with zero attached hydrogens (tertiary/aromatic N) is 2. The highest BCUT2D eigenvalue weighted by molar-refractivity contribution is 7.89. The molecule has 0 bridgehead atoms. The van der Waals surface area contributed by atoms with Crippen molar-refractivity contribution >= 4 is 15.8 Å². The van der Waals surface area contributed by atoms with Crippen molar-refractivity contribution in [1.82, 2.24) is 9.29 Å². The Morgan fingerprint density at radius 3 is 2.53 bits per heavy atom. The zero-order chi connectivity index (χ0) is 12.9. The summed E-state index contributed by atoms with van der Waals surface area (Å²) < 4.78 is 25.8. The van der Waals surface area contributed by atoms with Gasteiger partial charge in [-0.15, -0.1) is 0 Å². The number of anilines is 1. The lowest BCUT2D eigenvalue weighted by atomic mass is 10.5. The molecule has 0 radical (unpaired) electrons. The SMILES string of the molecule is CCCN(CC)S(=O)(=O)c1ccc(NN)nc1. The van der Waals surface area contributed by atoms with Crippen molar-refractivity contribution in [3.63, 3.8) is 0 Å². The summed E-state index contributed by atoms with van der Waals surface area (Å²) >= 11 is 0. The Morgan fingerprint density at radius 1 is 1.41 bits per heavy atom. The van der Waals surface area contributed by atoms with Gasteiger partial charge in [0.05, 0.1) is 0 Å². The van der Waals surface area contributed by atoms with Crippen LogP contribution in [0.5, 0.6) is 0 Å². The standard InChI is InChI=1S/C10H18N4O2S/c1-3-7-14(4-2)17(15,16)9-5-6-10(13-11)12-8-9/h5-6,8H,3-4,7,11H2,1-2H3,(H,12,13). The highest BCUT2D eigenvalue weighted by Crippen LogP contribution is 2.16. The van der Waals surface area contributed by atoms with Crippen molar-refractivity contribution in [2.24, 2.45) is 5.84 Å². The predicted octanol–water partition coefficient (Wildman–Crippen LogP) is 0.788. The Bertz CT molecular complexity index is 444. The maximum atomic E-state index is 12.2. The number of nitrogens with two attached hydrogens (primary N) is 1. The van der Waals surface area contributed by atoms with E-state index in [-0.39, 0.29) is 4.90 Å². The molecule has 1 aromatic heterocycles. The van der Waals surface area contributed by atoms with Crippen molar-refractivity contribution in [3.05, 3.63) is 18.3 Å². The van der Waals surface area contributed by atoms with Gasteiger partial charge in [-0.1, -0.05) is 13.8 Å². The molecule has 6 nitrogen and oxygen atoms in total.